The molecule has 0 spiro atoms. The molecular weight excluding hydrogens is 465 g/mol. The van der Waals surface area contributed by atoms with Crippen molar-refractivity contribution in [3.63, 3.8) is 0 Å². The van der Waals surface area contributed by atoms with Crippen LogP contribution in [0.1, 0.15) is 36.2 Å². The molecular formula is C24H27F3N4O4. The van der Waals surface area contributed by atoms with Gasteiger partial charge in [0.25, 0.3) is 5.91 Å². The van der Waals surface area contributed by atoms with E-state index in [1.165, 1.54) is 11.0 Å². The van der Waals surface area contributed by atoms with Gasteiger partial charge in [0.2, 0.25) is 12.4 Å². The van der Waals surface area contributed by atoms with Gasteiger partial charge in [-0.25, -0.2) is 4.98 Å². The highest BCUT2D eigenvalue weighted by Gasteiger charge is 2.31. The van der Waals surface area contributed by atoms with Crippen molar-refractivity contribution in [2.75, 3.05) is 30.5 Å². The van der Waals surface area contributed by atoms with Crippen molar-refractivity contribution >= 4 is 35.0 Å². The fourth-order valence-corrected chi connectivity index (χ4v) is 3.52. The van der Waals surface area contributed by atoms with Crippen molar-refractivity contribution < 1.29 is 32.6 Å². The van der Waals surface area contributed by atoms with Crippen molar-refractivity contribution in [3.05, 3.63) is 53.6 Å². The van der Waals surface area contributed by atoms with Crippen molar-refractivity contribution in [2.24, 2.45) is 0 Å². The molecule has 8 nitrogen and oxygen atoms in total. The molecule has 1 heterocycles. The molecule has 35 heavy (non-hydrogen) atoms. The molecule has 11 heteroatoms. The lowest BCUT2D eigenvalue weighted by Gasteiger charge is -2.29. The Balaban J connectivity index is 1.97. The number of rotatable bonds is 10. The van der Waals surface area contributed by atoms with Crippen LogP contribution >= 0.6 is 0 Å². The van der Waals surface area contributed by atoms with Gasteiger partial charge in [-0.2, -0.15) is 13.2 Å². The second-order valence-electron chi connectivity index (χ2n) is 8.57. The number of imidazole rings is 1. The molecule has 0 saturated heterocycles. The number of aliphatic hydroxyl groups excluding tert-OH is 1. The Labute approximate surface area is 200 Å². The van der Waals surface area contributed by atoms with Crippen LogP contribution in [0.2, 0.25) is 0 Å². The SMILES string of the molecule is COC(C)(C)CN(C=O)c1ccc2c(c1)nc(NC(=O)c1cccc(C(F)(F)F)c1)n2CCCO. The number of aromatic nitrogens is 2. The maximum atomic E-state index is 13.1. The molecule has 0 aliphatic rings. The predicted octanol–water partition coefficient (Wildman–Crippen LogP) is 4.08. The summed E-state index contributed by atoms with van der Waals surface area (Å²) in [6, 6.07) is 9.22. The summed E-state index contributed by atoms with van der Waals surface area (Å²) in [7, 11) is 1.55. The number of anilines is 2. The number of carbonyl (C=O) groups excluding carboxylic acids is 2. The Morgan fingerprint density at radius 2 is 1.97 bits per heavy atom. The lowest BCUT2D eigenvalue weighted by molar-refractivity contribution is -0.137. The van der Waals surface area contributed by atoms with Gasteiger partial charge >= 0.3 is 6.18 Å². The number of benzene rings is 2. The van der Waals surface area contributed by atoms with E-state index in [-0.39, 0.29) is 24.7 Å². The molecule has 0 radical (unpaired) electrons. The number of nitrogens with zero attached hydrogens (tertiary/aromatic N) is 3. The largest absolute Gasteiger partial charge is 0.416 e. The number of fused-ring (bicyclic) bond motifs is 1. The van der Waals surface area contributed by atoms with Gasteiger partial charge in [0.05, 0.1) is 28.7 Å². The molecule has 0 atom stereocenters. The Kier molecular flexibility index (Phi) is 7.81. The highest BCUT2D eigenvalue weighted by atomic mass is 19.4. The standard InChI is InChI=1S/C24H27F3N4O4/c1-23(2,35-3)14-30(15-33)18-8-9-20-19(13-18)28-22(31(20)10-5-11-32)29-21(34)16-6-4-7-17(12-16)24(25,26)27/h4,6-9,12-13,15,32H,5,10-11,14H2,1-3H3,(H,28,29,34). The van der Waals surface area contributed by atoms with Crippen molar-refractivity contribution in [1.29, 1.82) is 0 Å². The van der Waals surface area contributed by atoms with Gasteiger partial charge in [-0.3, -0.25) is 14.9 Å². The first-order valence-electron chi connectivity index (χ1n) is 10.9. The van der Waals surface area contributed by atoms with Crippen LogP contribution < -0.4 is 10.2 Å². The third kappa shape index (κ3) is 6.17. The number of hydrogen-bond acceptors (Lipinski definition) is 5. The summed E-state index contributed by atoms with van der Waals surface area (Å²) in [4.78, 5) is 30.4. The van der Waals surface area contributed by atoms with Crippen LogP contribution in [0.3, 0.4) is 0 Å². The van der Waals surface area contributed by atoms with Gasteiger partial charge in [0, 0.05) is 31.5 Å². The number of aryl methyl sites for hydroxylation is 1. The minimum atomic E-state index is -4.58. The molecule has 0 aliphatic heterocycles. The number of alkyl halides is 3. The second-order valence-corrected chi connectivity index (χ2v) is 8.57. The van der Waals surface area contributed by atoms with E-state index in [4.69, 9.17) is 4.74 Å². The number of methoxy groups -OCH3 is 1. The first kappa shape index (κ1) is 26.2. The molecule has 0 unspecified atom stereocenters. The molecule has 2 aromatic carbocycles. The average Bonchev–Trinajstić information content (AvgIpc) is 3.16. The summed E-state index contributed by atoms with van der Waals surface area (Å²) >= 11 is 0. The van der Waals surface area contributed by atoms with E-state index in [1.807, 2.05) is 13.8 Å². The van der Waals surface area contributed by atoms with E-state index in [0.717, 1.165) is 18.2 Å². The molecule has 0 saturated carbocycles. The van der Waals surface area contributed by atoms with E-state index in [9.17, 15) is 27.9 Å². The molecule has 2 N–H and O–H groups in total. The smallest absolute Gasteiger partial charge is 0.396 e. The van der Waals surface area contributed by atoms with E-state index >= 15 is 0 Å². The van der Waals surface area contributed by atoms with Crippen molar-refractivity contribution in [2.45, 2.75) is 38.6 Å². The van der Waals surface area contributed by atoms with Crippen LogP contribution in [0, 0.1) is 0 Å². The highest BCUT2D eigenvalue weighted by Crippen LogP contribution is 2.30. The normalized spacial score (nSPS) is 12.1. The number of amides is 2. The van der Waals surface area contributed by atoms with Gasteiger partial charge < -0.3 is 19.3 Å². The Morgan fingerprint density at radius 1 is 1.23 bits per heavy atom. The quantitative estimate of drug-likeness (QED) is 0.416. The summed E-state index contributed by atoms with van der Waals surface area (Å²) < 4.78 is 46.2. The number of ether oxygens (including phenoxy) is 1. The summed E-state index contributed by atoms with van der Waals surface area (Å²) in [5.74, 6) is -0.642. The van der Waals surface area contributed by atoms with Gasteiger partial charge in [-0.05, 0) is 56.7 Å². The second kappa shape index (κ2) is 10.4. The van der Waals surface area contributed by atoms with Crippen LogP contribution in [0.5, 0.6) is 0 Å². The number of hydrogen-bond donors (Lipinski definition) is 2. The van der Waals surface area contributed by atoms with Gasteiger partial charge in [-0.1, -0.05) is 6.07 Å². The fraction of sp³-hybridized carbons (Fsp3) is 0.375. The van der Waals surface area contributed by atoms with Crippen LogP contribution in [-0.2, 0) is 22.3 Å². The first-order valence-corrected chi connectivity index (χ1v) is 10.9. The van der Waals surface area contributed by atoms with Gasteiger partial charge in [0.1, 0.15) is 0 Å². The zero-order valence-electron chi connectivity index (χ0n) is 19.6. The highest BCUT2D eigenvalue weighted by molar-refractivity contribution is 6.04. The minimum Gasteiger partial charge on any atom is -0.396 e. The van der Waals surface area contributed by atoms with Crippen LogP contribution in [0.15, 0.2) is 42.5 Å². The third-order valence-electron chi connectivity index (χ3n) is 5.51. The molecule has 3 aromatic rings. The Morgan fingerprint density at radius 3 is 2.60 bits per heavy atom. The summed E-state index contributed by atoms with van der Waals surface area (Å²) in [5, 5.41) is 11.9. The number of halogens is 3. The van der Waals surface area contributed by atoms with Gasteiger partial charge in [0.15, 0.2) is 0 Å². The number of nitrogens with one attached hydrogen (secondary N) is 1. The molecule has 0 fully saturated rings. The first-order chi connectivity index (χ1) is 16.5. The number of carbonyl (C=O) groups is 2. The van der Waals surface area contributed by atoms with Gasteiger partial charge in [-0.15, -0.1) is 0 Å². The molecule has 1 aromatic heterocycles. The number of aliphatic hydroxyl groups is 1. The lowest BCUT2D eigenvalue weighted by atomic mass is 10.1. The van der Waals surface area contributed by atoms with Crippen LogP contribution in [0.25, 0.3) is 11.0 Å². The molecule has 188 valence electrons. The maximum Gasteiger partial charge on any atom is 0.416 e. The molecule has 3 rings (SSSR count). The summed E-state index contributed by atoms with van der Waals surface area (Å²) in [6.45, 7) is 4.16. The lowest BCUT2D eigenvalue weighted by Crippen LogP contribution is -2.39. The third-order valence-corrected chi connectivity index (χ3v) is 5.51. The zero-order chi connectivity index (χ0) is 25.8. The van der Waals surface area contributed by atoms with Crippen molar-refractivity contribution in [3.8, 4) is 0 Å². The minimum absolute atomic E-state index is 0.107. The van der Waals surface area contributed by atoms with E-state index < -0.39 is 23.2 Å². The summed E-state index contributed by atoms with van der Waals surface area (Å²) in [5.41, 5.74) is -0.0624. The summed E-state index contributed by atoms with van der Waals surface area (Å²) in [6.07, 6.45) is -3.54. The van der Waals surface area contributed by atoms with Crippen LogP contribution in [0.4, 0.5) is 24.8 Å². The molecule has 0 bridgehead atoms. The van der Waals surface area contributed by atoms with Crippen molar-refractivity contribution in [1.82, 2.24) is 9.55 Å². The van der Waals surface area contributed by atoms with E-state index in [0.29, 0.717) is 36.1 Å². The monoisotopic (exact) mass is 492 g/mol. The van der Waals surface area contributed by atoms with E-state index in [2.05, 4.69) is 10.3 Å². The van der Waals surface area contributed by atoms with Crippen LogP contribution in [-0.4, -0.2) is 52.8 Å². The zero-order valence-corrected chi connectivity index (χ0v) is 19.6. The topological polar surface area (TPSA) is 96.7 Å². The molecule has 0 aliphatic carbocycles. The predicted molar refractivity (Wildman–Crippen MR) is 125 cm³/mol. The fourth-order valence-electron chi connectivity index (χ4n) is 3.52. The Hall–Kier alpha value is -3.44. The molecule has 2 amide bonds. The van der Waals surface area contributed by atoms with E-state index in [1.54, 1.807) is 29.9 Å². The Bertz CT molecular complexity index is 1210. The average molecular weight is 492 g/mol. The maximum absolute atomic E-state index is 13.1.